The van der Waals surface area contributed by atoms with E-state index in [0.717, 1.165) is 16.7 Å². The van der Waals surface area contributed by atoms with Crippen molar-refractivity contribution in [1.29, 1.82) is 0 Å². The number of hydrogen-bond acceptors (Lipinski definition) is 6. The number of alkyl halides is 3. The number of hydrogen-bond donors (Lipinski definition) is 1. The van der Waals surface area contributed by atoms with E-state index in [-0.39, 0.29) is 34.0 Å². The SMILES string of the molecule is CCOC(=O)c1cccc(-c2ccc(C(C)C(O)(c3ccc4oc(=O)n(C)c4c3)C(F)(F)F)c(Cl)c2)n1. The molecule has 0 spiro atoms. The topological polar surface area (TPSA) is 94.6 Å². The number of ether oxygens (including phenoxy) is 1. The molecule has 2 heterocycles. The van der Waals surface area contributed by atoms with Crippen molar-refractivity contribution in [2.75, 3.05) is 6.61 Å². The normalized spacial score (nSPS) is 14.4. The highest BCUT2D eigenvalue weighted by atomic mass is 35.5. The van der Waals surface area contributed by atoms with Crippen LogP contribution < -0.4 is 5.76 Å². The number of benzene rings is 2. The molecule has 11 heteroatoms. The predicted octanol–water partition coefficient (Wildman–Crippen LogP) is 5.58. The average Bonchev–Trinajstić information content (AvgIpc) is 3.15. The van der Waals surface area contributed by atoms with E-state index in [2.05, 4.69) is 4.98 Å². The van der Waals surface area contributed by atoms with Crippen molar-refractivity contribution in [3.63, 3.8) is 0 Å². The molecule has 7 nitrogen and oxygen atoms in total. The third-order valence-electron chi connectivity index (χ3n) is 6.29. The van der Waals surface area contributed by atoms with Crippen molar-refractivity contribution in [2.24, 2.45) is 7.05 Å². The van der Waals surface area contributed by atoms with Gasteiger partial charge in [0, 0.05) is 23.6 Å². The maximum Gasteiger partial charge on any atom is 0.422 e. The van der Waals surface area contributed by atoms with Gasteiger partial charge in [0.25, 0.3) is 0 Å². The van der Waals surface area contributed by atoms with Crippen LogP contribution in [0.4, 0.5) is 13.2 Å². The molecular formula is C26H22ClF3N2O5. The summed E-state index contributed by atoms with van der Waals surface area (Å²) in [5, 5.41) is 11.2. The van der Waals surface area contributed by atoms with Crippen LogP contribution in [0.25, 0.3) is 22.4 Å². The van der Waals surface area contributed by atoms with E-state index < -0.39 is 35.0 Å². The number of halogens is 4. The minimum atomic E-state index is -5.10. The summed E-state index contributed by atoms with van der Waals surface area (Å²) in [7, 11) is 1.36. The maximum absolute atomic E-state index is 14.5. The van der Waals surface area contributed by atoms with Gasteiger partial charge in [-0.05, 0) is 48.4 Å². The smallest absolute Gasteiger partial charge is 0.422 e. The second-order valence-electron chi connectivity index (χ2n) is 8.46. The molecule has 2 unspecified atom stereocenters. The van der Waals surface area contributed by atoms with Crippen molar-refractivity contribution in [3.8, 4) is 11.3 Å². The zero-order valence-electron chi connectivity index (χ0n) is 20.0. The van der Waals surface area contributed by atoms with Crippen LogP contribution in [0.1, 0.15) is 41.4 Å². The lowest BCUT2D eigenvalue weighted by Crippen LogP contribution is -2.46. The molecule has 1 N–H and O–H groups in total. The van der Waals surface area contributed by atoms with Crippen LogP contribution in [0.2, 0.25) is 5.02 Å². The first-order chi connectivity index (χ1) is 17.4. The number of carbonyl (C=O) groups excluding carboxylic acids is 1. The van der Waals surface area contributed by atoms with E-state index in [1.807, 2.05) is 0 Å². The lowest BCUT2D eigenvalue weighted by Gasteiger charge is -2.37. The fourth-order valence-corrected chi connectivity index (χ4v) is 4.54. The number of aromatic nitrogens is 2. The Bertz CT molecular complexity index is 1550. The first kappa shape index (κ1) is 26.4. The van der Waals surface area contributed by atoms with E-state index in [1.165, 1.54) is 44.3 Å². The van der Waals surface area contributed by atoms with Crippen LogP contribution in [0.5, 0.6) is 0 Å². The number of esters is 1. The van der Waals surface area contributed by atoms with Crippen molar-refractivity contribution >= 4 is 28.7 Å². The monoisotopic (exact) mass is 534 g/mol. The number of carbonyl (C=O) groups is 1. The fourth-order valence-electron chi connectivity index (χ4n) is 4.20. The molecule has 4 aromatic rings. The van der Waals surface area contributed by atoms with Gasteiger partial charge in [-0.3, -0.25) is 4.57 Å². The Balaban J connectivity index is 1.77. The van der Waals surface area contributed by atoms with Gasteiger partial charge in [-0.25, -0.2) is 14.6 Å². The van der Waals surface area contributed by atoms with Gasteiger partial charge in [-0.15, -0.1) is 0 Å². The molecule has 0 radical (unpaired) electrons. The molecular weight excluding hydrogens is 513 g/mol. The van der Waals surface area contributed by atoms with Gasteiger partial charge in [0.05, 0.1) is 17.8 Å². The van der Waals surface area contributed by atoms with E-state index in [0.29, 0.717) is 11.3 Å². The van der Waals surface area contributed by atoms with Crippen LogP contribution in [0, 0.1) is 0 Å². The number of aryl methyl sites for hydroxylation is 1. The molecule has 2 atom stereocenters. The molecule has 2 aromatic heterocycles. The summed E-state index contributed by atoms with van der Waals surface area (Å²) < 4.78 is 54.4. The Hall–Kier alpha value is -3.63. The molecule has 0 fully saturated rings. The zero-order chi connectivity index (χ0) is 27.1. The average molecular weight is 535 g/mol. The highest BCUT2D eigenvalue weighted by Crippen LogP contribution is 2.50. The molecule has 37 heavy (non-hydrogen) atoms. The summed E-state index contributed by atoms with van der Waals surface area (Å²) in [4.78, 5) is 28.1. The molecule has 0 amide bonds. The standard InChI is InChI=1S/C26H22ClF3N2O5/c1-4-36-23(33)20-7-5-6-19(31-20)15-8-10-17(18(27)12-15)14(2)25(35,26(28,29)30)16-9-11-22-21(13-16)32(3)24(34)37-22/h5-14,35H,4H2,1-3H3. The summed E-state index contributed by atoms with van der Waals surface area (Å²) in [5.41, 5.74) is -2.69. The highest BCUT2D eigenvalue weighted by molar-refractivity contribution is 6.31. The van der Waals surface area contributed by atoms with Gasteiger partial charge in [0.1, 0.15) is 5.69 Å². The van der Waals surface area contributed by atoms with E-state index in [4.69, 9.17) is 20.8 Å². The molecule has 4 rings (SSSR count). The minimum Gasteiger partial charge on any atom is -0.461 e. The van der Waals surface area contributed by atoms with E-state index >= 15 is 0 Å². The fraction of sp³-hybridized carbons (Fsp3) is 0.269. The Kier molecular flexibility index (Phi) is 6.91. The third kappa shape index (κ3) is 4.62. The van der Waals surface area contributed by atoms with Crippen LogP contribution in [0.15, 0.2) is 63.8 Å². The summed E-state index contributed by atoms with van der Waals surface area (Å²) in [6.07, 6.45) is -5.10. The summed E-state index contributed by atoms with van der Waals surface area (Å²) in [6, 6.07) is 12.4. The van der Waals surface area contributed by atoms with E-state index in [1.54, 1.807) is 19.1 Å². The Labute approximate surface area is 214 Å². The third-order valence-corrected chi connectivity index (χ3v) is 6.61. The van der Waals surface area contributed by atoms with Gasteiger partial charge in [0.2, 0.25) is 0 Å². The maximum atomic E-state index is 14.5. The molecule has 0 aliphatic heterocycles. The van der Waals surface area contributed by atoms with Gasteiger partial charge >= 0.3 is 17.9 Å². The van der Waals surface area contributed by atoms with Gasteiger partial charge in [0.15, 0.2) is 11.2 Å². The summed E-state index contributed by atoms with van der Waals surface area (Å²) in [5.74, 6) is -2.90. The van der Waals surface area contributed by atoms with Crippen LogP contribution >= 0.6 is 11.6 Å². The first-order valence-corrected chi connectivity index (χ1v) is 11.6. The molecule has 0 aliphatic rings. The van der Waals surface area contributed by atoms with Crippen LogP contribution in [0.3, 0.4) is 0 Å². The molecule has 0 bridgehead atoms. The zero-order valence-corrected chi connectivity index (χ0v) is 20.7. The molecule has 2 aromatic carbocycles. The molecule has 0 saturated carbocycles. The Morgan fingerprint density at radius 2 is 1.92 bits per heavy atom. The van der Waals surface area contributed by atoms with Gasteiger partial charge in [-0.2, -0.15) is 13.2 Å². The summed E-state index contributed by atoms with van der Waals surface area (Å²) >= 11 is 6.44. The quantitative estimate of drug-likeness (QED) is 0.325. The first-order valence-electron chi connectivity index (χ1n) is 11.2. The number of aliphatic hydroxyl groups is 1. The second-order valence-corrected chi connectivity index (χ2v) is 8.87. The predicted molar refractivity (Wildman–Crippen MR) is 130 cm³/mol. The number of rotatable bonds is 6. The lowest BCUT2D eigenvalue weighted by atomic mass is 9.77. The van der Waals surface area contributed by atoms with Crippen molar-refractivity contribution in [2.45, 2.75) is 31.5 Å². The lowest BCUT2D eigenvalue weighted by molar-refractivity contribution is -0.274. The van der Waals surface area contributed by atoms with E-state index in [9.17, 15) is 27.9 Å². The van der Waals surface area contributed by atoms with Crippen molar-refractivity contribution < 1.29 is 32.2 Å². The molecule has 0 saturated heterocycles. The highest BCUT2D eigenvalue weighted by Gasteiger charge is 2.59. The summed E-state index contributed by atoms with van der Waals surface area (Å²) in [6.45, 7) is 3.06. The number of oxazole rings is 1. The Morgan fingerprint density at radius 3 is 2.57 bits per heavy atom. The molecule has 0 aliphatic carbocycles. The number of pyridine rings is 1. The molecule has 194 valence electrons. The van der Waals surface area contributed by atoms with Crippen LogP contribution in [-0.2, 0) is 17.4 Å². The van der Waals surface area contributed by atoms with Crippen molar-refractivity contribution in [3.05, 3.63) is 87.0 Å². The largest absolute Gasteiger partial charge is 0.461 e. The Morgan fingerprint density at radius 1 is 1.19 bits per heavy atom. The number of nitrogens with zero attached hydrogens (tertiary/aromatic N) is 2. The number of fused-ring (bicyclic) bond motifs is 1. The van der Waals surface area contributed by atoms with Gasteiger partial charge < -0.3 is 14.3 Å². The van der Waals surface area contributed by atoms with Gasteiger partial charge in [-0.1, -0.05) is 42.8 Å². The van der Waals surface area contributed by atoms with Crippen LogP contribution in [-0.4, -0.2) is 33.4 Å². The minimum absolute atomic E-state index is 0.0344. The van der Waals surface area contributed by atoms with Crippen molar-refractivity contribution in [1.82, 2.24) is 9.55 Å². The second kappa shape index (κ2) is 9.68.